The number of piperidine rings is 1. The molecular formula is C34H47N3O6. The number of rotatable bonds is 7. The Kier molecular flexibility index (Phi) is 12.4. The molecule has 1 aromatic rings. The smallest absolute Gasteiger partial charge is 0.338 e. The standard InChI is InChI=1S/C34H47N3O6/c1-25-20-26(2)33-29(21-25)22-30(35-42-24-32(38)37-14-6-5-7-15-37)11-9-13-31(12-8-10-28(4)43-34(33)39)41-23-27(3)36-16-18-40-19-17-36/h8-9,11-12,20-21,28,31H,3,5-7,10,13-19,22-24H2,1-2,4H3/b11-9+,12-8+,35-30+/t28-,31-/m1/s1. The third-order valence-electron chi connectivity index (χ3n) is 7.94. The first kappa shape index (κ1) is 32.5. The molecule has 9 nitrogen and oxygen atoms in total. The van der Waals surface area contributed by atoms with E-state index in [1.807, 2.05) is 62.1 Å². The van der Waals surface area contributed by atoms with Crippen molar-refractivity contribution in [3.8, 4) is 0 Å². The molecule has 3 aliphatic heterocycles. The number of ether oxygens (including phenoxy) is 3. The van der Waals surface area contributed by atoms with E-state index in [0.29, 0.717) is 50.4 Å². The Balaban J connectivity index is 1.53. The summed E-state index contributed by atoms with van der Waals surface area (Å²) in [5.41, 5.74) is 4.79. The van der Waals surface area contributed by atoms with Crippen LogP contribution in [-0.2, 0) is 30.3 Å². The first-order chi connectivity index (χ1) is 20.8. The summed E-state index contributed by atoms with van der Waals surface area (Å²) in [6.07, 6.45) is 12.1. The van der Waals surface area contributed by atoms with Crippen molar-refractivity contribution in [1.82, 2.24) is 9.80 Å². The fraction of sp³-hybridized carbons (Fsp3) is 0.559. The number of allylic oxidation sites excluding steroid dienone is 1. The fourth-order valence-electron chi connectivity index (χ4n) is 5.64. The average molecular weight is 594 g/mol. The molecule has 1 aromatic carbocycles. The van der Waals surface area contributed by atoms with Crippen molar-refractivity contribution in [2.24, 2.45) is 5.16 Å². The van der Waals surface area contributed by atoms with Crippen LogP contribution in [0.5, 0.6) is 0 Å². The van der Waals surface area contributed by atoms with Gasteiger partial charge in [-0.2, -0.15) is 0 Å². The predicted octanol–water partition coefficient (Wildman–Crippen LogP) is 4.91. The van der Waals surface area contributed by atoms with E-state index in [1.165, 1.54) is 0 Å². The molecule has 0 spiro atoms. The third kappa shape index (κ3) is 10.1. The SMILES string of the molecule is C=C(CO[C@@H]1/C=C/C[C@@H](C)OC(=O)c2c(C)cc(C)cc2CC(=N/OCC(=O)N2CCCCC2)/C=C/C1)N1CCOCC1. The van der Waals surface area contributed by atoms with Gasteiger partial charge < -0.3 is 28.8 Å². The first-order valence-electron chi connectivity index (χ1n) is 15.5. The maximum absolute atomic E-state index is 13.4. The summed E-state index contributed by atoms with van der Waals surface area (Å²) in [6.45, 7) is 14.9. The normalized spacial score (nSPS) is 24.4. The van der Waals surface area contributed by atoms with E-state index >= 15 is 0 Å². The number of amides is 1. The number of oxime groups is 1. The molecular weight excluding hydrogens is 546 g/mol. The molecule has 43 heavy (non-hydrogen) atoms. The number of fused-ring (bicyclic) bond motifs is 1. The Hall–Kier alpha value is -3.43. The summed E-state index contributed by atoms with van der Waals surface area (Å²) in [5, 5.41) is 4.39. The second-order valence-corrected chi connectivity index (χ2v) is 11.6. The number of morpholine rings is 1. The molecule has 2 saturated heterocycles. The summed E-state index contributed by atoms with van der Waals surface area (Å²) >= 11 is 0. The minimum Gasteiger partial charge on any atom is -0.459 e. The Bertz CT molecular complexity index is 1210. The molecule has 0 bridgehead atoms. The van der Waals surface area contributed by atoms with Crippen LogP contribution >= 0.6 is 0 Å². The van der Waals surface area contributed by atoms with Crippen LogP contribution in [0.4, 0.5) is 0 Å². The topological polar surface area (TPSA) is 89.9 Å². The predicted molar refractivity (Wildman–Crippen MR) is 167 cm³/mol. The van der Waals surface area contributed by atoms with Gasteiger partial charge in [-0.3, -0.25) is 4.79 Å². The van der Waals surface area contributed by atoms with Crippen LogP contribution in [-0.4, -0.2) is 92.2 Å². The number of hydrogen-bond acceptors (Lipinski definition) is 8. The van der Waals surface area contributed by atoms with Crippen molar-refractivity contribution in [3.63, 3.8) is 0 Å². The second-order valence-electron chi connectivity index (χ2n) is 11.6. The molecule has 0 saturated carbocycles. The zero-order valence-electron chi connectivity index (χ0n) is 26.0. The lowest BCUT2D eigenvalue weighted by Crippen LogP contribution is -2.37. The molecule has 0 unspecified atom stereocenters. The highest BCUT2D eigenvalue weighted by atomic mass is 16.6. The third-order valence-corrected chi connectivity index (χ3v) is 7.94. The second kappa shape index (κ2) is 16.4. The number of nitrogens with zero attached hydrogens (tertiary/aromatic N) is 3. The van der Waals surface area contributed by atoms with Crippen LogP contribution < -0.4 is 0 Å². The van der Waals surface area contributed by atoms with Gasteiger partial charge in [-0.05, 0) is 63.7 Å². The van der Waals surface area contributed by atoms with Crippen molar-refractivity contribution < 1.29 is 28.6 Å². The molecule has 234 valence electrons. The molecule has 0 aliphatic carbocycles. The Morgan fingerprint density at radius 3 is 2.56 bits per heavy atom. The Morgan fingerprint density at radius 1 is 1.02 bits per heavy atom. The van der Waals surface area contributed by atoms with Gasteiger partial charge in [-0.1, -0.05) is 47.7 Å². The lowest BCUT2D eigenvalue weighted by Gasteiger charge is -2.30. The molecule has 3 heterocycles. The van der Waals surface area contributed by atoms with Gasteiger partial charge >= 0.3 is 5.97 Å². The highest BCUT2D eigenvalue weighted by Gasteiger charge is 2.21. The molecule has 2 fully saturated rings. The summed E-state index contributed by atoms with van der Waals surface area (Å²) in [7, 11) is 0. The number of carbonyl (C=O) groups excluding carboxylic acids is 2. The zero-order valence-corrected chi connectivity index (χ0v) is 26.0. The number of likely N-dealkylation sites (tertiary alicyclic amines) is 1. The summed E-state index contributed by atoms with van der Waals surface area (Å²) in [6, 6.07) is 3.98. The lowest BCUT2D eigenvalue weighted by molar-refractivity contribution is -0.137. The lowest BCUT2D eigenvalue weighted by atomic mass is 9.95. The molecule has 4 rings (SSSR count). The molecule has 1 amide bonds. The van der Waals surface area contributed by atoms with E-state index in [4.69, 9.17) is 19.0 Å². The van der Waals surface area contributed by atoms with Crippen LogP contribution in [0.15, 0.2) is 53.9 Å². The number of benzene rings is 1. The van der Waals surface area contributed by atoms with E-state index in [0.717, 1.165) is 67.8 Å². The van der Waals surface area contributed by atoms with Crippen LogP contribution in [0.1, 0.15) is 66.1 Å². The van der Waals surface area contributed by atoms with Crippen molar-refractivity contribution in [2.75, 3.05) is 52.6 Å². The Labute approximate surface area is 256 Å². The van der Waals surface area contributed by atoms with Gasteiger partial charge in [0.1, 0.15) is 6.10 Å². The molecule has 2 atom stereocenters. The van der Waals surface area contributed by atoms with Gasteiger partial charge in [0.15, 0.2) is 6.61 Å². The number of aryl methyl sites for hydroxylation is 2. The van der Waals surface area contributed by atoms with Crippen LogP contribution in [0.25, 0.3) is 0 Å². The number of esters is 1. The largest absolute Gasteiger partial charge is 0.459 e. The van der Waals surface area contributed by atoms with Crippen molar-refractivity contribution in [1.29, 1.82) is 0 Å². The van der Waals surface area contributed by atoms with Crippen molar-refractivity contribution >= 4 is 17.6 Å². The minimum atomic E-state index is -0.357. The van der Waals surface area contributed by atoms with Gasteiger partial charge in [-0.25, -0.2) is 4.79 Å². The number of cyclic esters (lactones) is 1. The van der Waals surface area contributed by atoms with Gasteiger partial charge in [0.2, 0.25) is 0 Å². The van der Waals surface area contributed by atoms with E-state index < -0.39 is 0 Å². The number of carbonyl (C=O) groups is 2. The van der Waals surface area contributed by atoms with Crippen molar-refractivity contribution in [3.05, 3.63) is 71.0 Å². The van der Waals surface area contributed by atoms with Gasteiger partial charge in [0.05, 0.1) is 37.2 Å². The maximum Gasteiger partial charge on any atom is 0.338 e. The maximum atomic E-state index is 13.4. The van der Waals surface area contributed by atoms with Crippen molar-refractivity contribution in [2.45, 2.75) is 71.5 Å². The zero-order chi connectivity index (χ0) is 30.6. The molecule has 3 aliphatic rings. The van der Waals surface area contributed by atoms with E-state index in [2.05, 4.69) is 16.6 Å². The Morgan fingerprint density at radius 2 is 1.79 bits per heavy atom. The van der Waals surface area contributed by atoms with E-state index in [1.54, 1.807) is 0 Å². The van der Waals surface area contributed by atoms with Gasteiger partial charge in [0.25, 0.3) is 5.91 Å². The molecule has 0 radical (unpaired) electrons. The van der Waals surface area contributed by atoms with Crippen LogP contribution in [0, 0.1) is 13.8 Å². The van der Waals surface area contributed by atoms with Gasteiger partial charge in [0, 0.05) is 44.7 Å². The van der Waals surface area contributed by atoms with Gasteiger partial charge in [-0.15, -0.1) is 0 Å². The quantitative estimate of drug-likeness (QED) is 0.252. The van der Waals surface area contributed by atoms with E-state index in [9.17, 15) is 9.59 Å². The number of hydrogen-bond donors (Lipinski definition) is 0. The summed E-state index contributed by atoms with van der Waals surface area (Å²) in [5.74, 6) is -0.415. The average Bonchev–Trinajstić information content (AvgIpc) is 2.99. The molecule has 9 heteroatoms. The summed E-state index contributed by atoms with van der Waals surface area (Å²) < 4.78 is 17.6. The highest BCUT2D eigenvalue weighted by molar-refractivity contribution is 6.00. The first-order valence-corrected chi connectivity index (χ1v) is 15.5. The summed E-state index contributed by atoms with van der Waals surface area (Å²) in [4.78, 5) is 35.7. The highest BCUT2D eigenvalue weighted by Crippen LogP contribution is 2.22. The molecule has 0 aromatic heterocycles. The monoisotopic (exact) mass is 593 g/mol. The minimum absolute atomic E-state index is 0.0577. The molecule has 0 N–H and O–H groups in total. The van der Waals surface area contributed by atoms with E-state index in [-0.39, 0.29) is 30.7 Å². The van der Waals surface area contributed by atoms with Crippen LogP contribution in [0.3, 0.4) is 0 Å². The fourth-order valence-corrected chi connectivity index (χ4v) is 5.64. The van der Waals surface area contributed by atoms with Crippen LogP contribution in [0.2, 0.25) is 0 Å².